The van der Waals surface area contributed by atoms with Crippen molar-refractivity contribution >= 4 is 34.9 Å². The minimum absolute atomic E-state index is 0.00260. The van der Waals surface area contributed by atoms with Crippen LogP contribution in [-0.4, -0.2) is 77.1 Å². The molecular formula is C41H62N4O5S. The van der Waals surface area contributed by atoms with E-state index in [0.717, 1.165) is 69.9 Å². The lowest BCUT2D eigenvalue weighted by Crippen LogP contribution is -2.48. The van der Waals surface area contributed by atoms with Gasteiger partial charge in [-0.05, 0) is 75.4 Å². The number of thiazole rings is 1. The fourth-order valence-electron chi connectivity index (χ4n) is 8.21. The lowest BCUT2D eigenvalue weighted by atomic mass is 9.76. The molecule has 1 aromatic carbocycles. The van der Waals surface area contributed by atoms with E-state index in [-0.39, 0.29) is 59.9 Å². The SMILES string of the molecule is CC(=O)O[C@H](C[C@H](C(C)C)N(C)C(=O)[C@@H](CC(=O)[C@H]1CCCCN1C)C1CCCCC1)c1nc(C(=O)N[C@@H](Cc2ccccc2)CC(C)C)cs1. The van der Waals surface area contributed by atoms with Crippen LogP contribution in [0.5, 0.6) is 0 Å². The largest absolute Gasteiger partial charge is 0.455 e. The summed E-state index contributed by atoms with van der Waals surface area (Å²) in [5, 5.41) is 5.45. The molecular weight excluding hydrogens is 661 g/mol. The molecule has 282 valence electrons. The van der Waals surface area contributed by atoms with Gasteiger partial charge in [0.15, 0.2) is 11.9 Å². The Kier molecular flexibility index (Phi) is 15.7. The highest BCUT2D eigenvalue weighted by Gasteiger charge is 2.39. The van der Waals surface area contributed by atoms with E-state index in [0.29, 0.717) is 23.0 Å². The first-order chi connectivity index (χ1) is 24.3. The molecule has 10 heteroatoms. The first-order valence-electron chi connectivity index (χ1n) is 19.3. The third-order valence-corrected chi connectivity index (χ3v) is 11.9. The van der Waals surface area contributed by atoms with E-state index < -0.39 is 12.1 Å². The molecule has 9 nitrogen and oxygen atoms in total. The normalized spacial score (nSPS) is 19.7. The van der Waals surface area contributed by atoms with E-state index >= 15 is 0 Å². The summed E-state index contributed by atoms with van der Waals surface area (Å²) in [6.45, 7) is 10.7. The predicted molar refractivity (Wildman–Crippen MR) is 203 cm³/mol. The van der Waals surface area contributed by atoms with Gasteiger partial charge in [0.05, 0.1) is 6.04 Å². The number of carbonyl (C=O) groups is 4. The smallest absolute Gasteiger partial charge is 0.303 e. The number of benzene rings is 1. The van der Waals surface area contributed by atoms with Gasteiger partial charge in [0, 0.05) is 50.2 Å². The molecule has 1 aromatic heterocycles. The number of nitrogens with one attached hydrogen (secondary N) is 1. The van der Waals surface area contributed by atoms with Gasteiger partial charge in [0.1, 0.15) is 10.7 Å². The molecule has 5 atom stereocenters. The highest BCUT2D eigenvalue weighted by atomic mass is 32.1. The third kappa shape index (κ3) is 12.0. The van der Waals surface area contributed by atoms with Crippen LogP contribution in [0.4, 0.5) is 0 Å². The summed E-state index contributed by atoms with van der Waals surface area (Å²) >= 11 is 1.30. The number of esters is 1. The number of piperidine rings is 1. The van der Waals surface area contributed by atoms with Crippen molar-refractivity contribution in [3.8, 4) is 0 Å². The Morgan fingerprint density at radius 1 is 0.980 bits per heavy atom. The topological polar surface area (TPSA) is 109 Å². The molecule has 1 aliphatic heterocycles. The summed E-state index contributed by atoms with van der Waals surface area (Å²) in [7, 11) is 3.87. The molecule has 1 N–H and O–H groups in total. The van der Waals surface area contributed by atoms with Gasteiger partial charge in [-0.2, -0.15) is 0 Å². The molecule has 1 saturated heterocycles. The quantitative estimate of drug-likeness (QED) is 0.167. The van der Waals surface area contributed by atoms with Crippen molar-refractivity contribution in [2.45, 2.75) is 136 Å². The number of hydrogen-bond donors (Lipinski definition) is 1. The number of likely N-dealkylation sites (N-methyl/N-ethyl adjacent to an activating group) is 1. The van der Waals surface area contributed by atoms with Gasteiger partial charge in [-0.25, -0.2) is 4.98 Å². The number of carbonyl (C=O) groups excluding carboxylic acids is 4. The first-order valence-corrected chi connectivity index (χ1v) is 20.2. The van der Waals surface area contributed by atoms with Crippen molar-refractivity contribution in [3.05, 3.63) is 52.0 Å². The molecule has 2 heterocycles. The number of aromatic nitrogens is 1. The molecule has 2 aliphatic rings. The van der Waals surface area contributed by atoms with E-state index in [2.05, 4.69) is 50.0 Å². The molecule has 1 saturated carbocycles. The number of ether oxygens (including phenoxy) is 1. The van der Waals surface area contributed by atoms with Crippen molar-refractivity contribution < 1.29 is 23.9 Å². The Bertz CT molecular complexity index is 1420. The molecule has 0 spiro atoms. The molecule has 0 radical (unpaired) electrons. The van der Waals surface area contributed by atoms with Crippen LogP contribution in [-0.2, 0) is 25.5 Å². The fraction of sp³-hybridized carbons (Fsp3) is 0.683. The summed E-state index contributed by atoms with van der Waals surface area (Å²) in [6.07, 6.45) is 9.72. The van der Waals surface area contributed by atoms with Crippen molar-refractivity contribution in [3.63, 3.8) is 0 Å². The summed E-state index contributed by atoms with van der Waals surface area (Å²) in [5.41, 5.74) is 1.45. The zero-order valence-corrected chi connectivity index (χ0v) is 32.9. The monoisotopic (exact) mass is 722 g/mol. The van der Waals surface area contributed by atoms with E-state index in [4.69, 9.17) is 9.72 Å². The standard InChI is InChI=1S/C41H62N4O5S/c1-27(2)22-32(23-30-16-10-8-11-17-30)42-39(48)34-26-51-40(43-34)38(50-29(5)46)25-36(28(3)4)45(7)41(49)33(31-18-12-9-13-19-31)24-37(47)35-20-14-15-21-44(35)6/h8,10-11,16-17,26-28,31-33,35-36,38H,9,12-15,18-25H2,1-7H3,(H,42,48)/t32-,33+,35-,36-,38-/m1/s1. The van der Waals surface area contributed by atoms with Crippen molar-refractivity contribution in [2.24, 2.45) is 23.7 Å². The lowest BCUT2D eigenvalue weighted by molar-refractivity contribution is -0.149. The highest BCUT2D eigenvalue weighted by molar-refractivity contribution is 7.09. The van der Waals surface area contributed by atoms with Crippen molar-refractivity contribution in [2.75, 3.05) is 20.6 Å². The number of likely N-dealkylation sites (tertiary alicyclic amines) is 1. The van der Waals surface area contributed by atoms with Gasteiger partial charge in [0.25, 0.3) is 5.91 Å². The van der Waals surface area contributed by atoms with Crippen LogP contribution in [0, 0.1) is 23.7 Å². The van der Waals surface area contributed by atoms with Crippen molar-refractivity contribution in [1.82, 2.24) is 20.1 Å². The molecule has 51 heavy (non-hydrogen) atoms. The average molecular weight is 723 g/mol. The Morgan fingerprint density at radius 2 is 1.67 bits per heavy atom. The summed E-state index contributed by atoms with van der Waals surface area (Å²) in [5.74, 6) is -0.250. The maximum Gasteiger partial charge on any atom is 0.303 e. The second-order valence-electron chi connectivity index (χ2n) is 15.8. The number of nitrogens with zero attached hydrogens (tertiary/aromatic N) is 3. The van der Waals surface area contributed by atoms with Crippen LogP contribution >= 0.6 is 11.3 Å². The number of hydrogen-bond acceptors (Lipinski definition) is 8. The molecule has 4 rings (SSSR count). The van der Waals surface area contributed by atoms with Crippen LogP contribution in [0.25, 0.3) is 0 Å². The fourth-order valence-corrected chi connectivity index (χ4v) is 9.05. The van der Waals surface area contributed by atoms with Crippen LogP contribution in [0.1, 0.15) is 132 Å². The molecule has 1 aliphatic carbocycles. The van der Waals surface area contributed by atoms with Gasteiger partial charge in [0.2, 0.25) is 5.91 Å². The minimum atomic E-state index is -0.724. The number of Topliss-reactive ketones (excluding diaryl/α,β-unsaturated/α-hetero) is 1. The Hall–Kier alpha value is -3.11. The highest BCUT2D eigenvalue weighted by Crippen LogP contribution is 2.36. The predicted octanol–water partition coefficient (Wildman–Crippen LogP) is 7.65. The first kappa shape index (κ1) is 40.7. The summed E-state index contributed by atoms with van der Waals surface area (Å²) < 4.78 is 5.86. The number of ketones is 1. The van der Waals surface area contributed by atoms with Crippen molar-refractivity contribution in [1.29, 1.82) is 0 Å². The van der Waals surface area contributed by atoms with E-state index in [1.165, 1.54) is 24.7 Å². The maximum absolute atomic E-state index is 14.5. The van der Waals surface area contributed by atoms with Gasteiger partial charge in [-0.3, -0.25) is 24.1 Å². The van der Waals surface area contributed by atoms with Gasteiger partial charge >= 0.3 is 5.97 Å². The Balaban J connectivity index is 1.51. The summed E-state index contributed by atoms with van der Waals surface area (Å²) in [4.78, 5) is 62.9. The number of rotatable bonds is 17. The average Bonchev–Trinajstić information content (AvgIpc) is 3.59. The van der Waals surface area contributed by atoms with Gasteiger partial charge in [-0.1, -0.05) is 83.7 Å². The molecule has 2 fully saturated rings. The van der Waals surface area contributed by atoms with Crippen LogP contribution in [0.15, 0.2) is 35.7 Å². The van der Waals surface area contributed by atoms with E-state index in [1.54, 1.807) is 5.38 Å². The zero-order chi connectivity index (χ0) is 37.1. The van der Waals surface area contributed by atoms with E-state index in [9.17, 15) is 19.2 Å². The third-order valence-electron chi connectivity index (χ3n) is 10.9. The van der Waals surface area contributed by atoms with Gasteiger partial charge < -0.3 is 15.0 Å². The van der Waals surface area contributed by atoms with E-state index in [1.807, 2.05) is 37.2 Å². The minimum Gasteiger partial charge on any atom is -0.455 e. The summed E-state index contributed by atoms with van der Waals surface area (Å²) in [6, 6.07) is 9.70. The van der Waals surface area contributed by atoms with Crippen LogP contribution in [0.2, 0.25) is 0 Å². The molecule has 0 bridgehead atoms. The maximum atomic E-state index is 14.5. The molecule has 2 amide bonds. The Labute approximate surface area is 310 Å². The second kappa shape index (κ2) is 19.6. The lowest BCUT2D eigenvalue weighted by Gasteiger charge is -2.39. The molecule has 2 aromatic rings. The zero-order valence-electron chi connectivity index (χ0n) is 32.1. The van der Waals surface area contributed by atoms with Gasteiger partial charge in [-0.15, -0.1) is 11.3 Å². The van der Waals surface area contributed by atoms with Crippen LogP contribution < -0.4 is 5.32 Å². The second-order valence-corrected chi connectivity index (χ2v) is 16.7. The van der Waals surface area contributed by atoms with Crippen LogP contribution in [0.3, 0.4) is 0 Å². The number of amides is 2. The Morgan fingerprint density at radius 3 is 2.29 bits per heavy atom. The molecule has 0 unspecified atom stereocenters.